The van der Waals surface area contributed by atoms with E-state index in [0.29, 0.717) is 16.7 Å². The highest BCUT2D eigenvalue weighted by Crippen LogP contribution is 2.44. The van der Waals surface area contributed by atoms with Crippen molar-refractivity contribution in [3.8, 4) is 5.75 Å². The summed E-state index contributed by atoms with van der Waals surface area (Å²) in [5, 5.41) is 0.573. The highest BCUT2D eigenvalue weighted by atomic mass is 35.5. The highest BCUT2D eigenvalue weighted by molar-refractivity contribution is 6.32. The Morgan fingerprint density at radius 3 is 2.67 bits per heavy atom. The van der Waals surface area contributed by atoms with Crippen molar-refractivity contribution in [1.82, 2.24) is 0 Å². The van der Waals surface area contributed by atoms with Gasteiger partial charge in [-0.25, -0.2) is 0 Å². The van der Waals surface area contributed by atoms with E-state index in [2.05, 4.69) is 56.6 Å². The molecule has 3 rings (SSSR count). The first-order valence-electron chi connectivity index (χ1n) is 9.56. The van der Waals surface area contributed by atoms with Crippen LogP contribution in [0.15, 0.2) is 35.3 Å². The molecule has 1 aliphatic rings. The average molecular weight is 385 g/mol. The number of anilines is 1. The van der Waals surface area contributed by atoms with E-state index < -0.39 is 0 Å². The van der Waals surface area contributed by atoms with E-state index in [4.69, 9.17) is 16.3 Å². The molecule has 2 aromatic rings. The molecule has 1 heterocycles. The van der Waals surface area contributed by atoms with Crippen LogP contribution < -0.4 is 9.64 Å². The molecule has 27 heavy (non-hydrogen) atoms. The lowest BCUT2D eigenvalue weighted by Gasteiger charge is -2.47. The Hall–Kier alpha value is -2.00. The van der Waals surface area contributed by atoms with Crippen molar-refractivity contribution in [3.63, 3.8) is 0 Å². The number of ether oxygens (including phenoxy) is 1. The minimum absolute atomic E-state index is 0.184. The number of nitrogens with zero attached hydrogens (tertiary/aromatic N) is 2. The molecule has 0 amide bonds. The normalized spacial score (nSPS) is 18.6. The number of methoxy groups -OCH3 is 1. The van der Waals surface area contributed by atoms with Crippen LogP contribution in [-0.4, -0.2) is 25.4 Å². The second kappa shape index (κ2) is 7.55. The van der Waals surface area contributed by atoms with Crippen molar-refractivity contribution in [2.24, 2.45) is 4.99 Å². The molecule has 0 saturated heterocycles. The predicted molar refractivity (Wildman–Crippen MR) is 117 cm³/mol. The third-order valence-electron chi connectivity index (χ3n) is 5.58. The van der Waals surface area contributed by atoms with Crippen molar-refractivity contribution < 1.29 is 4.74 Å². The molecule has 0 aromatic heterocycles. The SMILES string of the molecule is CCN1c2cc(C)c(C=Nc3ccc(OC)c(Cl)c3)cc2[C@@H](C)CC1(C)C. The highest BCUT2D eigenvalue weighted by Gasteiger charge is 2.35. The first kappa shape index (κ1) is 19.8. The Bertz CT molecular complexity index is 873. The smallest absolute Gasteiger partial charge is 0.137 e. The molecule has 2 aromatic carbocycles. The number of hydrogen-bond donors (Lipinski definition) is 0. The van der Waals surface area contributed by atoms with Crippen molar-refractivity contribution in [2.45, 2.75) is 52.5 Å². The zero-order valence-electron chi connectivity index (χ0n) is 17.1. The molecule has 144 valence electrons. The quantitative estimate of drug-likeness (QED) is 0.560. The molecule has 1 atom stereocenters. The summed E-state index contributed by atoms with van der Waals surface area (Å²) in [5.74, 6) is 1.19. The molecule has 0 radical (unpaired) electrons. The summed E-state index contributed by atoms with van der Waals surface area (Å²) in [6.07, 6.45) is 3.10. The molecule has 4 heteroatoms. The summed E-state index contributed by atoms with van der Waals surface area (Å²) >= 11 is 6.21. The summed E-state index contributed by atoms with van der Waals surface area (Å²) in [4.78, 5) is 7.16. The van der Waals surface area contributed by atoms with Crippen LogP contribution in [0.2, 0.25) is 5.02 Å². The van der Waals surface area contributed by atoms with Gasteiger partial charge in [-0.2, -0.15) is 0 Å². The molecule has 0 spiro atoms. The van der Waals surface area contributed by atoms with Crippen molar-refractivity contribution >= 4 is 29.2 Å². The summed E-state index contributed by atoms with van der Waals surface area (Å²) in [7, 11) is 1.61. The molecule has 0 fully saturated rings. The van der Waals surface area contributed by atoms with E-state index in [1.165, 1.54) is 16.8 Å². The molecule has 0 unspecified atom stereocenters. The molecule has 0 saturated carbocycles. The summed E-state index contributed by atoms with van der Waals surface area (Å²) in [6.45, 7) is 12.4. The van der Waals surface area contributed by atoms with E-state index in [1.54, 1.807) is 7.11 Å². The fraction of sp³-hybridized carbons (Fsp3) is 0.435. The number of hydrogen-bond acceptors (Lipinski definition) is 3. The Balaban J connectivity index is 1.97. The summed E-state index contributed by atoms with van der Waals surface area (Å²) in [5.41, 5.74) is 6.17. The fourth-order valence-electron chi connectivity index (χ4n) is 4.27. The lowest BCUT2D eigenvalue weighted by atomic mass is 9.79. The number of aryl methyl sites for hydroxylation is 1. The van der Waals surface area contributed by atoms with Crippen LogP contribution in [0.5, 0.6) is 5.75 Å². The van der Waals surface area contributed by atoms with Crippen LogP contribution in [0, 0.1) is 6.92 Å². The maximum atomic E-state index is 6.21. The number of aliphatic imine (C=N–C) groups is 1. The van der Waals surface area contributed by atoms with E-state index in [0.717, 1.165) is 24.2 Å². The van der Waals surface area contributed by atoms with Gasteiger partial charge in [-0.15, -0.1) is 0 Å². The third-order valence-corrected chi connectivity index (χ3v) is 5.87. The van der Waals surface area contributed by atoms with Crippen molar-refractivity contribution in [1.29, 1.82) is 0 Å². The van der Waals surface area contributed by atoms with Gasteiger partial charge >= 0.3 is 0 Å². The summed E-state index contributed by atoms with van der Waals surface area (Å²) in [6, 6.07) is 10.2. The van der Waals surface area contributed by atoms with E-state index >= 15 is 0 Å². The Kier molecular flexibility index (Phi) is 5.53. The topological polar surface area (TPSA) is 24.8 Å². The molecule has 3 nitrogen and oxygen atoms in total. The van der Waals surface area contributed by atoms with Gasteiger partial charge in [0.15, 0.2) is 0 Å². The van der Waals surface area contributed by atoms with Crippen LogP contribution in [0.4, 0.5) is 11.4 Å². The van der Waals surface area contributed by atoms with Crippen molar-refractivity contribution in [2.75, 3.05) is 18.6 Å². The van der Waals surface area contributed by atoms with Gasteiger partial charge in [-0.05, 0) is 87.1 Å². The zero-order chi connectivity index (χ0) is 19.8. The Morgan fingerprint density at radius 1 is 1.30 bits per heavy atom. The van der Waals surface area contributed by atoms with Gasteiger partial charge in [0.25, 0.3) is 0 Å². The van der Waals surface area contributed by atoms with Crippen LogP contribution >= 0.6 is 11.6 Å². The van der Waals surface area contributed by atoms with Crippen LogP contribution in [0.25, 0.3) is 0 Å². The Labute approximate surface area is 168 Å². The standard InChI is InChI=1S/C23H29ClN2O/c1-7-26-21-10-15(2)17(11-19(21)16(3)13-23(26,4)5)14-25-18-8-9-22(27-6)20(24)12-18/h8-12,14,16H,7,13H2,1-6H3/t16-/m0/s1. The molecule has 0 aliphatic carbocycles. The fourth-order valence-corrected chi connectivity index (χ4v) is 4.52. The van der Waals surface area contributed by atoms with Crippen molar-refractivity contribution in [3.05, 3.63) is 52.0 Å². The number of benzene rings is 2. The maximum Gasteiger partial charge on any atom is 0.137 e. The predicted octanol–water partition coefficient (Wildman–Crippen LogP) is 6.52. The minimum Gasteiger partial charge on any atom is -0.495 e. The van der Waals surface area contributed by atoms with Crippen LogP contribution in [0.1, 0.15) is 56.7 Å². The van der Waals surface area contributed by atoms with Gasteiger partial charge < -0.3 is 9.64 Å². The third kappa shape index (κ3) is 3.84. The number of rotatable bonds is 4. The second-order valence-corrected chi connectivity index (χ2v) is 8.41. The molecular formula is C23H29ClN2O. The number of halogens is 1. The Morgan fingerprint density at radius 2 is 2.04 bits per heavy atom. The van der Waals surface area contributed by atoms with Gasteiger partial charge in [0.05, 0.1) is 17.8 Å². The monoisotopic (exact) mass is 384 g/mol. The molecule has 0 bridgehead atoms. The van der Waals surface area contributed by atoms with Gasteiger partial charge in [0.1, 0.15) is 5.75 Å². The first-order chi connectivity index (χ1) is 12.8. The number of fused-ring (bicyclic) bond motifs is 1. The molecular weight excluding hydrogens is 356 g/mol. The molecule has 0 N–H and O–H groups in total. The zero-order valence-corrected chi connectivity index (χ0v) is 17.9. The first-order valence-corrected chi connectivity index (χ1v) is 9.94. The summed E-state index contributed by atoms with van der Waals surface area (Å²) < 4.78 is 5.20. The van der Waals surface area contributed by atoms with E-state index in [1.807, 2.05) is 24.4 Å². The van der Waals surface area contributed by atoms with E-state index in [-0.39, 0.29) is 5.54 Å². The largest absolute Gasteiger partial charge is 0.495 e. The molecule has 1 aliphatic heterocycles. The van der Waals surface area contributed by atoms with Gasteiger partial charge in [0, 0.05) is 24.0 Å². The van der Waals surface area contributed by atoms with Crippen LogP contribution in [-0.2, 0) is 0 Å². The van der Waals surface area contributed by atoms with E-state index in [9.17, 15) is 0 Å². The average Bonchev–Trinajstić information content (AvgIpc) is 2.60. The van der Waals surface area contributed by atoms with Gasteiger partial charge in [-0.3, -0.25) is 4.99 Å². The minimum atomic E-state index is 0.184. The van der Waals surface area contributed by atoms with Gasteiger partial charge in [0.2, 0.25) is 0 Å². The van der Waals surface area contributed by atoms with Gasteiger partial charge in [-0.1, -0.05) is 18.5 Å². The van der Waals surface area contributed by atoms with Crippen LogP contribution in [0.3, 0.4) is 0 Å². The maximum absolute atomic E-state index is 6.21. The lowest BCUT2D eigenvalue weighted by molar-refractivity contribution is 0.381. The lowest BCUT2D eigenvalue weighted by Crippen LogP contribution is -2.48. The second-order valence-electron chi connectivity index (χ2n) is 8.01.